The van der Waals surface area contributed by atoms with Gasteiger partial charge in [0.05, 0.1) is 11.8 Å². The molecule has 0 aliphatic rings. The predicted molar refractivity (Wildman–Crippen MR) is 43.8 cm³/mol. The summed E-state index contributed by atoms with van der Waals surface area (Å²) in [6.07, 6.45) is 1.56. The minimum absolute atomic E-state index is 0.223. The fraction of sp³-hybridized carbons (Fsp3) is 0.500. The molecule has 0 bridgehead atoms. The van der Waals surface area contributed by atoms with Gasteiger partial charge in [0.25, 0.3) is 0 Å². The van der Waals surface area contributed by atoms with Crippen LogP contribution in [-0.4, -0.2) is 34.1 Å². The summed E-state index contributed by atoms with van der Waals surface area (Å²) in [7, 11) is 0.0209. The second-order valence-corrected chi connectivity index (χ2v) is 2.50. The molecule has 66 valence electrons. The number of rotatable bonds is 3. The number of nitrogens with zero attached hydrogens (tertiary/aromatic N) is 2. The highest BCUT2D eigenvalue weighted by molar-refractivity contribution is 6.58. The van der Waals surface area contributed by atoms with Gasteiger partial charge in [-0.2, -0.15) is 5.10 Å². The summed E-state index contributed by atoms with van der Waals surface area (Å²) in [4.78, 5) is 0. The van der Waals surface area contributed by atoms with E-state index in [1.54, 1.807) is 13.1 Å². The smallest absolute Gasteiger partial charge is 0.422 e. The van der Waals surface area contributed by atoms with E-state index >= 15 is 0 Å². The average molecular weight is 170 g/mol. The van der Waals surface area contributed by atoms with Crippen LogP contribution in [0.25, 0.3) is 0 Å². The van der Waals surface area contributed by atoms with E-state index in [0.717, 1.165) is 5.56 Å². The van der Waals surface area contributed by atoms with Gasteiger partial charge in [-0.05, 0) is 12.5 Å². The maximum atomic E-state index is 8.94. The van der Waals surface area contributed by atoms with Crippen molar-refractivity contribution in [3.8, 4) is 0 Å². The van der Waals surface area contributed by atoms with Crippen LogP contribution in [0.1, 0.15) is 5.56 Å². The van der Waals surface area contributed by atoms with Gasteiger partial charge < -0.3 is 14.8 Å². The second kappa shape index (κ2) is 3.71. The van der Waals surface area contributed by atoms with Crippen molar-refractivity contribution < 1.29 is 14.8 Å². The highest BCUT2D eigenvalue weighted by Gasteiger charge is 2.19. The minimum atomic E-state index is -1.50. The molecule has 5 nitrogen and oxygen atoms in total. The molecule has 12 heavy (non-hydrogen) atoms. The molecule has 0 aromatic carbocycles. The molecule has 0 atom stereocenters. The van der Waals surface area contributed by atoms with Crippen LogP contribution in [-0.2, 0) is 11.5 Å². The zero-order chi connectivity index (χ0) is 9.14. The van der Waals surface area contributed by atoms with Crippen molar-refractivity contribution >= 4 is 12.7 Å². The van der Waals surface area contributed by atoms with Gasteiger partial charge in [-0.1, -0.05) is 0 Å². The van der Waals surface area contributed by atoms with E-state index in [2.05, 4.69) is 5.10 Å². The number of hydrogen-bond donors (Lipinski definition) is 2. The number of hydrogen-bond acceptors (Lipinski definition) is 4. The van der Waals surface area contributed by atoms with Gasteiger partial charge in [-0.3, -0.25) is 0 Å². The molecule has 1 aromatic heterocycles. The molecule has 1 rings (SSSR count). The maximum absolute atomic E-state index is 8.94. The topological polar surface area (TPSA) is 67.5 Å². The van der Waals surface area contributed by atoms with Crippen LogP contribution >= 0.6 is 0 Å². The summed E-state index contributed by atoms with van der Waals surface area (Å²) in [6.45, 7) is 1.98. The standard InChI is InChI=1S/C6H11BN2O3/c1-5-3-8-9(4-12-2)6(5)7(10)11/h3,10-11H,4H2,1-2H3. The molecule has 0 aliphatic carbocycles. The Morgan fingerprint density at radius 1 is 1.67 bits per heavy atom. The highest BCUT2D eigenvalue weighted by atomic mass is 16.5. The van der Waals surface area contributed by atoms with Gasteiger partial charge in [-0.25, -0.2) is 4.68 Å². The summed E-state index contributed by atoms with van der Waals surface area (Å²) in [5.74, 6) is 0. The third kappa shape index (κ3) is 1.66. The monoisotopic (exact) mass is 170 g/mol. The minimum Gasteiger partial charge on any atom is -0.422 e. The molecule has 0 radical (unpaired) electrons. The Hall–Kier alpha value is -0.845. The first kappa shape index (κ1) is 9.24. The normalized spacial score (nSPS) is 10.3. The van der Waals surface area contributed by atoms with E-state index in [4.69, 9.17) is 14.8 Å². The predicted octanol–water partition coefficient (Wildman–Crippen LogP) is -1.52. The lowest BCUT2D eigenvalue weighted by atomic mass is 9.83. The molecule has 0 amide bonds. The highest BCUT2D eigenvalue weighted by Crippen LogP contribution is 1.93. The summed E-state index contributed by atoms with van der Waals surface area (Å²) in [6, 6.07) is 0. The van der Waals surface area contributed by atoms with Crippen LogP contribution in [0, 0.1) is 6.92 Å². The molecule has 6 heteroatoms. The molecule has 0 saturated carbocycles. The maximum Gasteiger partial charge on any atom is 0.508 e. The van der Waals surface area contributed by atoms with Crippen LogP contribution in [0.3, 0.4) is 0 Å². The van der Waals surface area contributed by atoms with Crippen LogP contribution in [0.2, 0.25) is 0 Å². The number of aryl methyl sites for hydroxylation is 1. The number of methoxy groups -OCH3 is 1. The van der Waals surface area contributed by atoms with Crippen LogP contribution in [0.15, 0.2) is 6.20 Å². The van der Waals surface area contributed by atoms with Crippen molar-refractivity contribution in [3.63, 3.8) is 0 Å². The molecule has 0 fully saturated rings. The van der Waals surface area contributed by atoms with E-state index in [1.165, 1.54) is 11.8 Å². The molecule has 0 spiro atoms. The number of aromatic nitrogens is 2. The molecule has 1 heterocycles. The first-order valence-corrected chi connectivity index (χ1v) is 3.54. The summed E-state index contributed by atoms with van der Waals surface area (Å²) in [5, 5.41) is 21.8. The van der Waals surface area contributed by atoms with Crippen LogP contribution < -0.4 is 5.59 Å². The third-order valence-electron chi connectivity index (χ3n) is 1.57. The molecular formula is C6H11BN2O3. The van der Waals surface area contributed by atoms with Crippen LogP contribution in [0.4, 0.5) is 0 Å². The van der Waals surface area contributed by atoms with Crippen molar-refractivity contribution in [1.82, 2.24) is 9.78 Å². The van der Waals surface area contributed by atoms with E-state index in [-0.39, 0.29) is 6.73 Å². The SMILES string of the molecule is COCn1ncc(C)c1B(O)O. The van der Waals surface area contributed by atoms with Crippen molar-refractivity contribution in [1.29, 1.82) is 0 Å². The number of ether oxygens (including phenoxy) is 1. The largest absolute Gasteiger partial charge is 0.508 e. The van der Waals surface area contributed by atoms with Crippen LogP contribution in [0.5, 0.6) is 0 Å². The van der Waals surface area contributed by atoms with Crippen molar-refractivity contribution in [3.05, 3.63) is 11.8 Å². The summed E-state index contributed by atoms with van der Waals surface area (Å²) < 4.78 is 6.21. The Balaban J connectivity index is 2.95. The third-order valence-corrected chi connectivity index (χ3v) is 1.57. The lowest BCUT2D eigenvalue weighted by Crippen LogP contribution is -2.38. The Labute approximate surface area is 70.7 Å². The first-order valence-electron chi connectivity index (χ1n) is 3.54. The zero-order valence-electron chi connectivity index (χ0n) is 7.06. The van der Waals surface area contributed by atoms with E-state index in [0.29, 0.717) is 5.59 Å². The molecule has 1 aromatic rings. The average Bonchev–Trinajstić information content (AvgIpc) is 2.32. The quantitative estimate of drug-likeness (QED) is 0.540. The van der Waals surface area contributed by atoms with E-state index in [9.17, 15) is 0 Å². The van der Waals surface area contributed by atoms with Crippen molar-refractivity contribution in [2.45, 2.75) is 13.7 Å². The Bertz CT molecular complexity index is 261. The lowest BCUT2D eigenvalue weighted by Gasteiger charge is -2.05. The molecule has 2 N–H and O–H groups in total. The van der Waals surface area contributed by atoms with Gasteiger partial charge in [-0.15, -0.1) is 0 Å². The van der Waals surface area contributed by atoms with Gasteiger partial charge in [0.1, 0.15) is 6.73 Å². The Morgan fingerprint density at radius 2 is 2.33 bits per heavy atom. The summed E-state index contributed by atoms with van der Waals surface area (Å²) >= 11 is 0. The van der Waals surface area contributed by atoms with Gasteiger partial charge >= 0.3 is 7.12 Å². The molecule has 0 saturated heterocycles. The fourth-order valence-electron chi connectivity index (χ4n) is 1.05. The van der Waals surface area contributed by atoms with Crippen molar-refractivity contribution in [2.24, 2.45) is 0 Å². The van der Waals surface area contributed by atoms with Gasteiger partial charge in [0, 0.05) is 7.11 Å². The molecule has 0 unspecified atom stereocenters. The van der Waals surface area contributed by atoms with Crippen molar-refractivity contribution in [2.75, 3.05) is 7.11 Å². The second-order valence-electron chi connectivity index (χ2n) is 2.50. The zero-order valence-corrected chi connectivity index (χ0v) is 7.06. The molecule has 0 aliphatic heterocycles. The molecular weight excluding hydrogens is 159 g/mol. The summed E-state index contributed by atoms with van der Waals surface area (Å²) in [5.41, 5.74) is 1.11. The Morgan fingerprint density at radius 3 is 2.83 bits per heavy atom. The van der Waals surface area contributed by atoms with Gasteiger partial charge in [0.2, 0.25) is 0 Å². The fourth-order valence-corrected chi connectivity index (χ4v) is 1.05. The van der Waals surface area contributed by atoms with Gasteiger partial charge in [0.15, 0.2) is 0 Å². The first-order chi connectivity index (χ1) is 5.66. The lowest BCUT2D eigenvalue weighted by molar-refractivity contribution is 0.122. The Kier molecular flexibility index (Phi) is 2.85. The van der Waals surface area contributed by atoms with E-state index in [1.807, 2.05) is 0 Å². The van der Waals surface area contributed by atoms with E-state index < -0.39 is 7.12 Å².